The van der Waals surface area contributed by atoms with Crippen LogP contribution in [0.3, 0.4) is 0 Å². The van der Waals surface area contributed by atoms with Crippen molar-refractivity contribution in [1.29, 1.82) is 0 Å². The van der Waals surface area contributed by atoms with Gasteiger partial charge in [-0.15, -0.1) is 0 Å². The quantitative estimate of drug-likeness (QED) is 0.546. The van der Waals surface area contributed by atoms with Gasteiger partial charge in [-0.2, -0.15) is 5.10 Å². The Morgan fingerprint density at radius 3 is 2.74 bits per heavy atom. The lowest BCUT2D eigenvalue weighted by Crippen LogP contribution is -2.32. The highest BCUT2D eigenvalue weighted by Gasteiger charge is 2.27. The first-order valence-electron chi connectivity index (χ1n) is 10.6. The predicted molar refractivity (Wildman–Crippen MR) is 120 cm³/mol. The van der Waals surface area contributed by atoms with Crippen molar-refractivity contribution >= 4 is 16.8 Å². The molecule has 1 amide bonds. The highest BCUT2D eigenvalue weighted by molar-refractivity contribution is 5.94. The van der Waals surface area contributed by atoms with Gasteiger partial charge in [0.2, 0.25) is 0 Å². The molecular formula is C25H25N5O. The Hall–Kier alpha value is -3.51. The van der Waals surface area contributed by atoms with Gasteiger partial charge in [0.05, 0.1) is 5.52 Å². The lowest BCUT2D eigenvalue weighted by atomic mass is 10.0. The number of aromatic nitrogens is 3. The van der Waals surface area contributed by atoms with E-state index in [1.807, 2.05) is 60.4 Å². The Labute approximate surface area is 181 Å². The standard InChI is InChI=1S/C25H25N5O/c1-29-23-12-14-30(16-19-11-13-26-22-10-6-5-9-20(19)22)17-21(23)24(28-29)25(31)27-15-18-7-3-2-4-8-18/h2-11,13H,12,14-17H2,1H3,(H,27,31). The minimum atomic E-state index is -0.114. The Bertz CT molecular complexity index is 1230. The number of hydrogen-bond donors (Lipinski definition) is 1. The van der Waals surface area contributed by atoms with Gasteiger partial charge in [-0.1, -0.05) is 48.5 Å². The van der Waals surface area contributed by atoms with Crippen LogP contribution in [0.15, 0.2) is 66.9 Å². The first kappa shape index (κ1) is 19.5. The number of amides is 1. The number of rotatable bonds is 5. The molecule has 1 aliphatic heterocycles. The first-order chi connectivity index (χ1) is 15.2. The summed E-state index contributed by atoms with van der Waals surface area (Å²) < 4.78 is 1.87. The van der Waals surface area contributed by atoms with Crippen molar-refractivity contribution in [3.8, 4) is 0 Å². The summed E-state index contributed by atoms with van der Waals surface area (Å²) in [4.78, 5) is 19.8. The Balaban J connectivity index is 1.35. The van der Waals surface area contributed by atoms with Gasteiger partial charge in [0.1, 0.15) is 0 Å². The normalized spacial score (nSPS) is 13.8. The number of fused-ring (bicyclic) bond motifs is 2. The SMILES string of the molecule is Cn1nc(C(=O)NCc2ccccc2)c2c1CCN(Cc1ccnc3ccccc13)C2. The minimum Gasteiger partial charge on any atom is -0.347 e. The zero-order valence-corrected chi connectivity index (χ0v) is 17.6. The van der Waals surface area contributed by atoms with Gasteiger partial charge in [-0.25, -0.2) is 0 Å². The van der Waals surface area contributed by atoms with Crippen LogP contribution in [0.25, 0.3) is 10.9 Å². The van der Waals surface area contributed by atoms with Gasteiger partial charge < -0.3 is 5.32 Å². The van der Waals surface area contributed by atoms with Crippen LogP contribution in [0.4, 0.5) is 0 Å². The molecule has 0 saturated carbocycles. The summed E-state index contributed by atoms with van der Waals surface area (Å²) in [6.07, 6.45) is 2.76. The summed E-state index contributed by atoms with van der Waals surface area (Å²) in [7, 11) is 1.93. The topological polar surface area (TPSA) is 63.1 Å². The number of nitrogens with one attached hydrogen (secondary N) is 1. The molecule has 0 bridgehead atoms. The molecule has 0 spiro atoms. The fraction of sp³-hybridized carbons (Fsp3) is 0.240. The van der Waals surface area contributed by atoms with E-state index in [0.717, 1.165) is 41.8 Å². The zero-order valence-electron chi connectivity index (χ0n) is 17.6. The molecule has 0 unspecified atom stereocenters. The second-order valence-corrected chi connectivity index (χ2v) is 8.01. The van der Waals surface area contributed by atoms with Crippen LogP contribution in [0.5, 0.6) is 0 Å². The number of pyridine rings is 1. The van der Waals surface area contributed by atoms with Crippen molar-refractivity contribution in [2.45, 2.75) is 26.1 Å². The van der Waals surface area contributed by atoms with Gasteiger partial charge in [0.15, 0.2) is 5.69 Å². The fourth-order valence-corrected chi connectivity index (χ4v) is 4.36. The van der Waals surface area contributed by atoms with Crippen molar-refractivity contribution in [2.75, 3.05) is 6.54 Å². The Kier molecular flexibility index (Phi) is 5.22. The van der Waals surface area contributed by atoms with Crippen LogP contribution in [-0.2, 0) is 33.1 Å². The van der Waals surface area contributed by atoms with E-state index >= 15 is 0 Å². The lowest BCUT2D eigenvalue weighted by molar-refractivity contribution is 0.0943. The molecular weight excluding hydrogens is 386 g/mol. The van der Waals surface area contributed by atoms with Crippen molar-refractivity contribution in [1.82, 2.24) is 25.0 Å². The summed E-state index contributed by atoms with van der Waals surface area (Å²) in [5.41, 5.74) is 6.08. The average molecular weight is 412 g/mol. The predicted octanol–water partition coefficient (Wildman–Crippen LogP) is 3.46. The summed E-state index contributed by atoms with van der Waals surface area (Å²) in [6.45, 7) is 2.97. The van der Waals surface area contributed by atoms with Gasteiger partial charge in [-0.05, 0) is 23.3 Å². The van der Waals surface area contributed by atoms with Gasteiger partial charge >= 0.3 is 0 Å². The molecule has 1 aliphatic rings. The van der Waals surface area contributed by atoms with Crippen LogP contribution in [0.1, 0.15) is 32.9 Å². The van der Waals surface area contributed by atoms with Gasteiger partial charge in [0, 0.05) is 62.5 Å². The minimum absolute atomic E-state index is 0.114. The second-order valence-electron chi connectivity index (χ2n) is 8.01. The van der Waals surface area contributed by atoms with E-state index < -0.39 is 0 Å². The third kappa shape index (κ3) is 3.94. The van der Waals surface area contributed by atoms with Gasteiger partial charge in [0.25, 0.3) is 5.91 Å². The third-order valence-corrected chi connectivity index (χ3v) is 5.97. The third-order valence-electron chi connectivity index (χ3n) is 5.97. The average Bonchev–Trinajstić information content (AvgIpc) is 3.14. The van der Waals surface area contributed by atoms with Crippen molar-refractivity contribution < 1.29 is 4.79 Å². The van der Waals surface area contributed by atoms with Crippen LogP contribution < -0.4 is 5.32 Å². The summed E-state index contributed by atoms with van der Waals surface area (Å²) in [6, 6.07) is 20.3. The van der Waals surface area contributed by atoms with E-state index in [2.05, 4.69) is 38.5 Å². The highest BCUT2D eigenvalue weighted by Crippen LogP contribution is 2.25. The Morgan fingerprint density at radius 2 is 1.87 bits per heavy atom. The largest absolute Gasteiger partial charge is 0.347 e. The maximum Gasteiger partial charge on any atom is 0.272 e. The highest BCUT2D eigenvalue weighted by atomic mass is 16.1. The van der Waals surface area contributed by atoms with E-state index in [1.54, 1.807) is 0 Å². The van der Waals surface area contributed by atoms with E-state index in [0.29, 0.717) is 18.8 Å². The number of nitrogens with zero attached hydrogens (tertiary/aromatic N) is 4. The van der Waals surface area contributed by atoms with Crippen molar-refractivity contribution in [2.24, 2.45) is 7.05 Å². The molecule has 0 fully saturated rings. The summed E-state index contributed by atoms with van der Waals surface area (Å²) in [5, 5.41) is 8.77. The maximum absolute atomic E-state index is 12.9. The van der Waals surface area contributed by atoms with E-state index in [9.17, 15) is 4.79 Å². The van der Waals surface area contributed by atoms with Crippen molar-refractivity contribution in [3.05, 3.63) is 94.9 Å². The molecule has 0 aliphatic carbocycles. The van der Waals surface area contributed by atoms with Crippen LogP contribution in [-0.4, -0.2) is 32.1 Å². The first-order valence-corrected chi connectivity index (χ1v) is 10.6. The van der Waals surface area contributed by atoms with Crippen molar-refractivity contribution in [3.63, 3.8) is 0 Å². The monoisotopic (exact) mass is 411 g/mol. The van der Waals surface area contributed by atoms with E-state index in [1.165, 1.54) is 10.9 Å². The maximum atomic E-state index is 12.9. The van der Waals surface area contributed by atoms with E-state index in [4.69, 9.17) is 0 Å². The molecule has 3 heterocycles. The number of carbonyl (C=O) groups is 1. The number of aryl methyl sites for hydroxylation is 1. The van der Waals surface area contributed by atoms with Crippen LogP contribution in [0.2, 0.25) is 0 Å². The molecule has 4 aromatic rings. The van der Waals surface area contributed by atoms with Crippen LogP contribution >= 0.6 is 0 Å². The zero-order chi connectivity index (χ0) is 21.2. The molecule has 0 saturated heterocycles. The molecule has 2 aromatic carbocycles. The summed E-state index contributed by atoms with van der Waals surface area (Å²) in [5.74, 6) is -0.114. The Morgan fingerprint density at radius 1 is 1.06 bits per heavy atom. The molecule has 2 aromatic heterocycles. The molecule has 6 heteroatoms. The molecule has 6 nitrogen and oxygen atoms in total. The molecule has 0 atom stereocenters. The number of para-hydroxylation sites is 1. The molecule has 5 rings (SSSR count). The second kappa shape index (κ2) is 8.32. The van der Waals surface area contributed by atoms with E-state index in [-0.39, 0.29) is 5.91 Å². The smallest absolute Gasteiger partial charge is 0.272 e. The molecule has 0 radical (unpaired) electrons. The molecule has 1 N–H and O–H groups in total. The number of hydrogen-bond acceptors (Lipinski definition) is 4. The van der Waals surface area contributed by atoms with Crippen LogP contribution in [0, 0.1) is 0 Å². The fourth-order valence-electron chi connectivity index (χ4n) is 4.36. The molecule has 156 valence electrons. The number of carbonyl (C=O) groups excluding carboxylic acids is 1. The number of benzene rings is 2. The lowest BCUT2D eigenvalue weighted by Gasteiger charge is -2.27. The summed E-state index contributed by atoms with van der Waals surface area (Å²) >= 11 is 0. The van der Waals surface area contributed by atoms with Gasteiger partial charge in [-0.3, -0.25) is 19.4 Å². The molecule has 31 heavy (non-hydrogen) atoms.